The summed E-state index contributed by atoms with van der Waals surface area (Å²) < 4.78 is 20.8. The molecule has 0 radical (unpaired) electrons. The van der Waals surface area contributed by atoms with Crippen LogP contribution in [-0.4, -0.2) is 52.7 Å². The zero-order valence-electron chi connectivity index (χ0n) is 19.2. The number of ether oxygens (including phenoxy) is 1. The maximum absolute atomic E-state index is 15.6. The lowest BCUT2D eigenvalue weighted by Gasteiger charge is -2.39. The van der Waals surface area contributed by atoms with Crippen molar-refractivity contribution in [3.05, 3.63) is 51.6 Å². The summed E-state index contributed by atoms with van der Waals surface area (Å²) in [5.41, 5.74) is 0.0657. The van der Waals surface area contributed by atoms with Crippen molar-refractivity contribution in [2.24, 2.45) is 5.41 Å². The molecule has 1 aliphatic heterocycles. The first-order chi connectivity index (χ1) is 16.4. The number of benzene rings is 1. The molecule has 0 unspecified atom stereocenters. The van der Waals surface area contributed by atoms with E-state index in [0.717, 1.165) is 24.4 Å². The molecule has 2 aromatic heterocycles. The van der Waals surface area contributed by atoms with Crippen molar-refractivity contribution in [2.75, 3.05) is 26.7 Å². The van der Waals surface area contributed by atoms with Crippen LogP contribution in [0.15, 0.2) is 36.0 Å². The number of halogens is 2. The highest BCUT2D eigenvalue weighted by molar-refractivity contribution is 7.09. The Balaban J connectivity index is 1.39. The molecule has 6 nitrogen and oxygen atoms in total. The van der Waals surface area contributed by atoms with E-state index in [1.54, 1.807) is 36.6 Å². The predicted molar refractivity (Wildman–Crippen MR) is 133 cm³/mol. The van der Waals surface area contributed by atoms with Gasteiger partial charge in [0.15, 0.2) is 0 Å². The van der Waals surface area contributed by atoms with Crippen molar-refractivity contribution in [3.63, 3.8) is 0 Å². The van der Waals surface area contributed by atoms with E-state index in [1.165, 1.54) is 6.20 Å². The zero-order chi connectivity index (χ0) is 24.1. The van der Waals surface area contributed by atoms with Gasteiger partial charge in [0.05, 0.1) is 28.1 Å². The van der Waals surface area contributed by atoms with E-state index in [1.807, 2.05) is 11.6 Å². The summed E-state index contributed by atoms with van der Waals surface area (Å²) in [6, 6.07) is 5.27. The third kappa shape index (κ3) is 5.50. The standard InChI is InChI=1S/C25H29ClFN3O3S/c1-33-17-4-5-21-18(15-17)23(19(26)16-29-21)20(27)6-7-25(24(31)32)8-12-30(13-9-25)11-2-3-22-28-10-14-34-22/h4-5,10,14-16,20H,2-3,6-9,11-13H2,1H3,(H,31,32)/t20-/m1/s1. The Kier molecular flexibility index (Phi) is 8.01. The van der Waals surface area contributed by atoms with Crippen LogP contribution in [0.4, 0.5) is 4.39 Å². The molecule has 0 aliphatic carbocycles. The van der Waals surface area contributed by atoms with Crippen LogP contribution in [-0.2, 0) is 11.2 Å². The molecule has 1 N–H and O–H groups in total. The number of rotatable bonds is 10. The third-order valence-electron chi connectivity index (χ3n) is 6.87. The van der Waals surface area contributed by atoms with E-state index in [2.05, 4.69) is 14.9 Å². The Bertz CT molecular complexity index is 1120. The molecule has 3 aromatic rings. The number of hydrogen-bond donors (Lipinski definition) is 1. The van der Waals surface area contributed by atoms with Gasteiger partial charge < -0.3 is 14.7 Å². The van der Waals surface area contributed by atoms with Gasteiger partial charge in [-0.1, -0.05) is 11.6 Å². The minimum Gasteiger partial charge on any atom is -0.497 e. The Hall–Kier alpha value is -2.29. The molecule has 182 valence electrons. The largest absolute Gasteiger partial charge is 0.497 e. The number of aryl methyl sites for hydroxylation is 1. The van der Waals surface area contributed by atoms with Gasteiger partial charge in [-0.25, -0.2) is 9.37 Å². The normalized spacial score (nSPS) is 17.0. The van der Waals surface area contributed by atoms with Crippen LogP contribution in [0.5, 0.6) is 5.75 Å². The van der Waals surface area contributed by atoms with Gasteiger partial charge in [-0.2, -0.15) is 0 Å². The maximum Gasteiger partial charge on any atom is 0.309 e. The number of likely N-dealkylation sites (tertiary alicyclic amines) is 1. The topological polar surface area (TPSA) is 75.6 Å². The first kappa shape index (κ1) is 24.8. The molecular formula is C25H29ClFN3O3S. The Morgan fingerprint density at radius 3 is 2.82 bits per heavy atom. The number of carbonyl (C=O) groups is 1. The highest BCUT2D eigenvalue weighted by atomic mass is 35.5. The fraction of sp³-hybridized carbons (Fsp3) is 0.480. The molecule has 1 atom stereocenters. The summed E-state index contributed by atoms with van der Waals surface area (Å²) in [4.78, 5) is 23.2. The molecule has 3 heterocycles. The molecule has 9 heteroatoms. The monoisotopic (exact) mass is 505 g/mol. The lowest BCUT2D eigenvalue weighted by atomic mass is 9.74. The summed E-state index contributed by atoms with van der Waals surface area (Å²) in [7, 11) is 1.55. The van der Waals surface area contributed by atoms with Gasteiger partial charge in [-0.3, -0.25) is 9.78 Å². The first-order valence-electron chi connectivity index (χ1n) is 11.5. The van der Waals surface area contributed by atoms with Crippen LogP contribution < -0.4 is 4.74 Å². The van der Waals surface area contributed by atoms with Gasteiger partial charge in [-0.05, 0) is 69.9 Å². The number of aliphatic carboxylic acids is 1. The Morgan fingerprint density at radius 2 is 2.15 bits per heavy atom. The Labute approximate surface area is 207 Å². The van der Waals surface area contributed by atoms with Gasteiger partial charge in [0.1, 0.15) is 11.9 Å². The minimum absolute atomic E-state index is 0.0897. The highest BCUT2D eigenvalue weighted by Gasteiger charge is 2.41. The van der Waals surface area contributed by atoms with E-state index in [0.29, 0.717) is 48.1 Å². The smallest absolute Gasteiger partial charge is 0.309 e. The lowest BCUT2D eigenvalue weighted by molar-refractivity contribution is -0.153. The number of thiazole rings is 1. The zero-order valence-corrected chi connectivity index (χ0v) is 20.7. The average molecular weight is 506 g/mol. The number of alkyl halides is 1. The predicted octanol–water partition coefficient (Wildman–Crippen LogP) is 5.94. The summed E-state index contributed by atoms with van der Waals surface area (Å²) in [5.74, 6) is -0.247. The fourth-order valence-corrected chi connectivity index (χ4v) is 5.70. The molecule has 4 rings (SSSR count). The summed E-state index contributed by atoms with van der Waals surface area (Å²) in [5, 5.41) is 14.0. The van der Waals surface area contributed by atoms with E-state index < -0.39 is 17.6 Å². The molecule has 34 heavy (non-hydrogen) atoms. The molecule has 0 spiro atoms. The maximum atomic E-state index is 15.6. The molecule has 0 saturated carbocycles. The quantitative estimate of drug-likeness (QED) is 0.367. The van der Waals surface area contributed by atoms with E-state index in [9.17, 15) is 9.90 Å². The van der Waals surface area contributed by atoms with Crippen LogP contribution in [0.2, 0.25) is 5.02 Å². The number of pyridine rings is 1. The van der Waals surface area contributed by atoms with Crippen molar-refractivity contribution in [3.8, 4) is 5.75 Å². The second-order valence-electron chi connectivity index (χ2n) is 8.87. The average Bonchev–Trinajstić information content (AvgIpc) is 3.36. The number of carboxylic acids is 1. The summed E-state index contributed by atoms with van der Waals surface area (Å²) in [6.45, 7) is 2.33. The van der Waals surface area contributed by atoms with Gasteiger partial charge >= 0.3 is 5.97 Å². The molecule has 1 aromatic carbocycles. The van der Waals surface area contributed by atoms with Crippen molar-refractivity contribution in [1.82, 2.24) is 14.9 Å². The van der Waals surface area contributed by atoms with Crippen molar-refractivity contribution >= 4 is 39.8 Å². The number of fused-ring (bicyclic) bond motifs is 1. The van der Waals surface area contributed by atoms with Crippen LogP contribution >= 0.6 is 22.9 Å². The van der Waals surface area contributed by atoms with Gasteiger partial charge in [0.2, 0.25) is 0 Å². The number of hydrogen-bond acceptors (Lipinski definition) is 6. The number of aromatic nitrogens is 2. The van der Waals surface area contributed by atoms with Crippen molar-refractivity contribution < 1.29 is 19.0 Å². The van der Waals surface area contributed by atoms with Crippen molar-refractivity contribution in [1.29, 1.82) is 0 Å². The van der Waals surface area contributed by atoms with Crippen molar-refractivity contribution in [2.45, 2.75) is 44.7 Å². The second kappa shape index (κ2) is 11.0. The molecule has 0 amide bonds. The second-order valence-corrected chi connectivity index (χ2v) is 10.3. The molecular weight excluding hydrogens is 477 g/mol. The minimum atomic E-state index is -1.39. The van der Waals surface area contributed by atoms with E-state index in [-0.39, 0.29) is 17.9 Å². The van der Waals surface area contributed by atoms with Gasteiger partial charge in [0.25, 0.3) is 0 Å². The number of methoxy groups -OCH3 is 1. The fourth-order valence-electron chi connectivity index (χ4n) is 4.77. The van der Waals surface area contributed by atoms with Gasteiger partial charge in [0, 0.05) is 35.1 Å². The third-order valence-corrected chi connectivity index (χ3v) is 8.01. The van der Waals surface area contributed by atoms with Crippen LogP contribution in [0.25, 0.3) is 10.9 Å². The lowest BCUT2D eigenvalue weighted by Crippen LogP contribution is -2.44. The molecule has 1 aliphatic rings. The number of carboxylic acid groups (broad SMARTS) is 1. The van der Waals surface area contributed by atoms with Crippen LogP contribution in [0.3, 0.4) is 0 Å². The highest BCUT2D eigenvalue weighted by Crippen LogP contribution is 2.42. The van der Waals surface area contributed by atoms with Gasteiger partial charge in [-0.15, -0.1) is 11.3 Å². The van der Waals surface area contributed by atoms with Crippen LogP contribution in [0, 0.1) is 5.41 Å². The SMILES string of the molecule is COc1ccc2ncc(Cl)c([C@H](F)CCC3(C(=O)O)CCN(CCCc4nccs4)CC3)c2c1. The van der Waals surface area contributed by atoms with E-state index >= 15 is 4.39 Å². The number of piperidine rings is 1. The van der Waals surface area contributed by atoms with E-state index in [4.69, 9.17) is 16.3 Å². The summed E-state index contributed by atoms with van der Waals surface area (Å²) in [6.07, 6.45) is 5.21. The molecule has 1 fully saturated rings. The molecule has 0 bridgehead atoms. The number of nitrogens with zero attached hydrogens (tertiary/aromatic N) is 3. The first-order valence-corrected chi connectivity index (χ1v) is 12.8. The molecule has 1 saturated heterocycles. The Morgan fingerprint density at radius 1 is 1.35 bits per heavy atom. The summed E-state index contributed by atoms with van der Waals surface area (Å²) >= 11 is 8.01. The van der Waals surface area contributed by atoms with Crippen LogP contribution in [0.1, 0.15) is 48.8 Å².